The van der Waals surface area contributed by atoms with Gasteiger partial charge in [0.1, 0.15) is 42.0 Å². The second kappa shape index (κ2) is 11.4. The summed E-state index contributed by atoms with van der Waals surface area (Å²) in [6.45, 7) is 7.67. The molecule has 3 fully saturated rings. The smallest absolute Gasteiger partial charge is 0.338 e. The van der Waals surface area contributed by atoms with Crippen molar-refractivity contribution < 1.29 is 48.0 Å². The molecule has 1 spiro atoms. The van der Waals surface area contributed by atoms with Gasteiger partial charge in [-0.1, -0.05) is 43.3 Å². The molecule has 230 valence electrons. The summed E-state index contributed by atoms with van der Waals surface area (Å²) in [6, 6.07) is 16.8. The lowest BCUT2D eigenvalue weighted by molar-refractivity contribution is -0.316. The first-order valence-electron chi connectivity index (χ1n) is 14.5. The lowest BCUT2D eigenvalue weighted by Gasteiger charge is -2.63. The summed E-state index contributed by atoms with van der Waals surface area (Å²) in [4.78, 5) is 51.5. The molecule has 10 heteroatoms. The summed E-state index contributed by atoms with van der Waals surface area (Å²) in [5.41, 5.74) is -3.47. The first kappa shape index (κ1) is 30.7. The zero-order valence-electron chi connectivity index (χ0n) is 25.0. The van der Waals surface area contributed by atoms with E-state index in [4.69, 9.17) is 23.7 Å². The molecule has 8 atom stereocenters. The van der Waals surface area contributed by atoms with E-state index in [1.165, 1.54) is 13.8 Å². The van der Waals surface area contributed by atoms with E-state index >= 15 is 0 Å². The van der Waals surface area contributed by atoms with Crippen LogP contribution in [0.3, 0.4) is 0 Å². The van der Waals surface area contributed by atoms with Crippen LogP contribution in [0.1, 0.15) is 68.2 Å². The van der Waals surface area contributed by atoms with Crippen molar-refractivity contribution in [3.05, 3.63) is 71.8 Å². The first-order valence-corrected chi connectivity index (χ1v) is 14.5. The molecule has 1 aliphatic heterocycles. The summed E-state index contributed by atoms with van der Waals surface area (Å²) in [6.07, 6.45) is -4.33. The molecule has 10 nitrogen and oxygen atoms in total. The Labute approximate surface area is 250 Å². The van der Waals surface area contributed by atoms with E-state index in [0.29, 0.717) is 11.1 Å². The van der Waals surface area contributed by atoms with Crippen molar-refractivity contribution in [1.82, 2.24) is 0 Å². The second-order valence-corrected chi connectivity index (χ2v) is 12.3. The molecule has 2 bridgehead atoms. The molecular formula is C33H38O10. The van der Waals surface area contributed by atoms with Crippen molar-refractivity contribution in [3.63, 3.8) is 0 Å². The van der Waals surface area contributed by atoms with Gasteiger partial charge in [-0.15, -0.1) is 0 Å². The Morgan fingerprint density at radius 1 is 0.837 bits per heavy atom. The molecule has 3 aliphatic rings. The number of aliphatic hydroxyl groups excluding tert-OH is 1. The maximum atomic E-state index is 13.5. The SMILES string of the molecule is CC(=O)OC[C@]12[C@@H](OC(=O)c3ccccc3)C[C@@H]3[C@@H](OC(C)=O)[C@]1(OC3(C)C)[C@H](C)C[C@H](OC(=O)c1ccccc1)[C@@H]2O. The largest absolute Gasteiger partial charge is 0.465 e. The molecule has 2 aliphatic carbocycles. The summed E-state index contributed by atoms with van der Waals surface area (Å²) in [5.74, 6) is -3.43. The Morgan fingerprint density at radius 2 is 1.40 bits per heavy atom. The van der Waals surface area contributed by atoms with Crippen molar-refractivity contribution >= 4 is 23.9 Å². The molecule has 5 rings (SSSR count). The molecule has 0 amide bonds. The molecule has 0 radical (unpaired) electrons. The van der Waals surface area contributed by atoms with Crippen LogP contribution in [0.5, 0.6) is 0 Å². The van der Waals surface area contributed by atoms with Gasteiger partial charge in [0.05, 0.1) is 16.7 Å². The molecule has 0 aromatic heterocycles. The summed E-state index contributed by atoms with van der Waals surface area (Å²) < 4.78 is 30.6. The van der Waals surface area contributed by atoms with E-state index in [1.54, 1.807) is 60.7 Å². The van der Waals surface area contributed by atoms with E-state index in [2.05, 4.69) is 0 Å². The zero-order valence-corrected chi connectivity index (χ0v) is 25.0. The van der Waals surface area contributed by atoms with Crippen molar-refractivity contribution in [2.45, 2.75) is 83.1 Å². The van der Waals surface area contributed by atoms with Crippen LogP contribution in [-0.2, 0) is 33.3 Å². The van der Waals surface area contributed by atoms with E-state index < -0.39 is 83.4 Å². The minimum Gasteiger partial charge on any atom is -0.465 e. The normalized spacial score (nSPS) is 33.9. The standard InChI is InChI=1S/C33H38O10/c1-19-16-25(41-29(37)22-12-8-6-9-13-22)27(36)32(18-39-20(2)34)26(42-30(38)23-14-10-7-11-15-23)17-24-28(40-21(3)35)33(19,32)43-31(24,4)5/h6-15,19,24-28,36H,16-18H2,1-5H3/t19-,24-,25+,26+,27+,28-,32-,33-/m1/s1. The topological polar surface area (TPSA) is 135 Å². The molecule has 1 heterocycles. The maximum Gasteiger partial charge on any atom is 0.338 e. The van der Waals surface area contributed by atoms with Crippen LogP contribution in [0.15, 0.2) is 60.7 Å². The van der Waals surface area contributed by atoms with Gasteiger partial charge in [-0.3, -0.25) is 9.59 Å². The molecule has 43 heavy (non-hydrogen) atoms. The number of benzene rings is 2. The third-order valence-corrected chi connectivity index (χ3v) is 9.41. The molecule has 1 saturated heterocycles. The number of ether oxygens (including phenoxy) is 5. The Morgan fingerprint density at radius 3 is 1.93 bits per heavy atom. The Bertz CT molecular complexity index is 1370. The minimum absolute atomic E-state index is 0.121. The third kappa shape index (κ3) is 5.10. The van der Waals surface area contributed by atoms with Crippen molar-refractivity contribution in [1.29, 1.82) is 0 Å². The number of rotatable bonds is 7. The molecular weight excluding hydrogens is 556 g/mol. The Balaban J connectivity index is 1.66. The second-order valence-electron chi connectivity index (χ2n) is 12.3. The number of hydrogen-bond acceptors (Lipinski definition) is 10. The average molecular weight is 595 g/mol. The number of esters is 4. The highest BCUT2D eigenvalue weighted by atomic mass is 16.6. The van der Waals surface area contributed by atoms with Gasteiger partial charge in [-0.05, 0) is 56.9 Å². The van der Waals surface area contributed by atoms with Crippen LogP contribution >= 0.6 is 0 Å². The molecule has 2 aromatic rings. The van der Waals surface area contributed by atoms with Crippen LogP contribution in [0.4, 0.5) is 0 Å². The molecule has 2 aromatic carbocycles. The van der Waals surface area contributed by atoms with E-state index in [1.807, 2.05) is 20.8 Å². The van der Waals surface area contributed by atoms with Crippen LogP contribution in [0.25, 0.3) is 0 Å². The van der Waals surface area contributed by atoms with Gasteiger partial charge < -0.3 is 28.8 Å². The summed E-state index contributed by atoms with van der Waals surface area (Å²) in [7, 11) is 0. The van der Waals surface area contributed by atoms with Crippen LogP contribution in [-0.4, -0.2) is 71.2 Å². The van der Waals surface area contributed by atoms with E-state index in [0.717, 1.165) is 0 Å². The average Bonchev–Trinajstić information content (AvgIpc) is 3.13. The summed E-state index contributed by atoms with van der Waals surface area (Å²) in [5, 5.41) is 12.4. The van der Waals surface area contributed by atoms with Gasteiger partial charge in [0.15, 0.2) is 0 Å². The number of carbonyl (C=O) groups excluding carboxylic acids is 4. The van der Waals surface area contributed by atoms with Crippen LogP contribution < -0.4 is 0 Å². The fourth-order valence-corrected chi connectivity index (χ4v) is 7.62. The fraction of sp³-hybridized carbons (Fsp3) is 0.515. The lowest BCUT2D eigenvalue weighted by Crippen LogP contribution is -2.78. The summed E-state index contributed by atoms with van der Waals surface area (Å²) >= 11 is 0. The van der Waals surface area contributed by atoms with Gasteiger partial charge in [0.25, 0.3) is 0 Å². The monoisotopic (exact) mass is 594 g/mol. The predicted molar refractivity (Wildman–Crippen MR) is 152 cm³/mol. The predicted octanol–water partition coefficient (Wildman–Crippen LogP) is 3.89. The van der Waals surface area contributed by atoms with Gasteiger partial charge in [-0.2, -0.15) is 0 Å². The van der Waals surface area contributed by atoms with E-state index in [-0.39, 0.29) is 12.8 Å². The fourth-order valence-electron chi connectivity index (χ4n) is 7.62. The van der Waals surface area contributed by atoms with Crippen LogP contribution in [0, 0.1) is 17.3 Å². The van der Waals surface area contributed by atoms with E-state index in [9.17, 15) is 24.3 Å². The highest BCUT2D eigenvalue weighted by Crippen LogP contribution is 2.67. The molecule has 1 N–H and O–H groups in total. The Hall–Kier alpha value is -3.76. The highest BCUT2D eigenvalue weighted by molar-refractivity contribution is 5.90. The molecule has 0 unspecified atom stereocenters. The lowest BCUT2D eigenvalue weighted by atomic mass is 9.48. The van der Waals surface area contributed by atoms with Crippen molar-refractivity contribution in [2.75, 3.05) is 6.61 Å². The van der Waals surface area contributed by atoms with Gasteiger partial charge in [0.2, 0.25) is 0 Å². The minimum atomic E-state index is -1.69. The van der Waals surface area contributed by atoms with Crippen molar-refractivity contribution in [2.24, 2.45) is 17.3 Å². The number of fused-ring (bicyclic) bond motifs is 1. The quantitative estimate of drug-likeness (QED) is 0.372. The van der Waals surface area contributed by atoms with Gasteiger partial charge in [-0.25, -0.2) is 9.59 Å². The Kier molecular flexibility index (Phi) is 8.13. The first-order chi connectivity index (χ1) is 20.3. The van der Waals surface area contributed by atoms with Gasteiger partial charge >= 0.3 is 23.9 Å². The van der Waals surface area contributed by atoms with Gasteiger partial charge in [0, 0.05) is 19.8 Å². The third-order valence-electron chi connectivity index (χ3n) is 9.41. The number of hydrogen-bond donors (Lipinski definition) is 1. The zero-order chi connectivity index (χ0) is 31.2. The highest BCUT2D eigenvalue weighted by Gasteiger charge is 2.81. The number of aliphatic hydroxyl groups is 1. The van der Waals surface area contributed by atoms with Crippen LogP contribution in [0.2, 0.25) is 0 Å². The molecule has 2 saturated carbocycles. The number of carbonyl (C=O) groups is 4. The van der Waals surface area contributed by atoms with Crippen molar-refractivity contribution in [3.8, 4) is 0 Å². The maximum absolute atomic E-state index is 13.5.